The van der Waals surface area contributed by atoms with E-state index in [1.807, 2.05) is 34.7 Å². The lowest BCUT2D eigenvalue weighted by Gasteiger charge is -2.04. The van der Waals surface area contributed by atoms with Gasteiger partial charge in [-0.3, -0.25) is 4.79 Å². The number of benzene rings is 2. The number of carbonyl (C=O) groups excluding carboxylic acids is 1. The van der Waals surface area contributed by atoms with Crippen LogP contribution in [0.3, 0.4) is 0 Å². The molecule has 5 heteroatoms. The second kappa shape index (κ2) is 6.90. The highest BCUT2D eigenvalue weighted by molar-refractivity contribution is 14.1. The molecule has 104 valence electrons. The Morgan fingerprint density at radius 3 is 2.57 bits per heavy atom. The first kappa shape index (κ1) is 15.1. The van der Waals surface area contributed by atoms with Gasteiger partial charge >= 0.3 is 0 Å². The second-order valence-corrected chi connectivity index (χ2v) is 5.36. The standard InChI is InChI=1S/C16H11IN2O2/c17-14-9-11(6-7-15(14)20)8-12(10-18)16(21)19-13-4-2-1-3-5-13/h1-9,20H,(H,19,21)/b12-8-. The highest BCUT2D eigenvalue weighted by Gasteiger charge is 2.09. The van der Waals surface area contributed by atoms with Gasteiger partial charge in [-0.1, -0.05) is 24.3 Å². The van der Waals surface area contributed by atoms with Crippen LogP contribution in [-0.4, -0.2) is 11.0 Å². The molecule has 2 rings (SSSR count). The maximum Gasteiger partial charge on any atom is 0.266 e. The van der Waals surface area contributed by atoms with Gasteiger partial charge in [-0.25, -0.2) is 0 Å². The average molecular weight is 390 g/mol. The van der Waals surface area contributed by atoms with Crippen LogP contribution in [0.2, 0.25) is 0 Å². The first-order chi connectivity index (χ1) is 10.1. The van der Waals surface area contributed by atoms with Crippen LogP contribution in [0.4, 0.5) is 5.69 Å². The van der Waals surface area contributed by atoms with Gasteiger partial charge in [0, 0.05) is 5.69 Å². The third-order valence-electron chi connectivity index (χ3n) is 2.68. The summed E-state index contributed by atoms with van der Waals surface area (Å²) in [4.78, 5) is 12.0. The Morgan fingerprint density at radius 2 is 1.95 bits per heavy atom. The molecule has 4 nitrogen and oxygen atoms in total. The fraction of sp³-hybridized carbons (Fsp3) is 0. The molecule has 1 amide bonds. The van der Waals surface area contributed by atoms with Gasteiger partial charge in [-0.05, 0) is 58.5 Å². The second-order valence-electron chi connectivity index (χ2n) is 4.20. The van der Waals surface area contributed by atoms with Crippen molar-refractivity contribution in [3.63, 3.8) is 0 Å². The predicted molar refractivity (Wildman–Crippen MR) is 89.5 cm³/mol. The van der Waals surface area contributed by atoms with Crippen LogP contribution in [-0.2, 0) is 4.79 Å². The van der Waals surface area contributed by atoms with E-state index in [9.17, 15) is 9.90 Å². The van der Waals surface area contributed by atoms with Crippen molar-refractivity contribution in [1.29, 1.82) is 5.26 Å². The highest BCUT2D eigenvalue weighted by atomic mass is 127. The molecule has 0 aromatic heterocycles. The number of hydrogen-bond donors (Lipinski definition) is 2. The van der Waals surface area contributed by atoms with E-state index in [2.05, 4.69) is 5.32 Å². The summed E-state index contributed by atoms with van der Waals surface area (Å²) in [5.74, 6) is -0.299. The number of nitriles is 1. The Kier molecular flexibility index (Phi) is 4.95. The van der Waals surface area contributed by atoms with Gasteiger partial charge in [0.25, 0.3) is 5.91 Å². The number of hydrogen-bond acceptors (Lipinski definition) is 3. The van der Waals surface area contributed by atoms with Crippen molar-refractivity contribution >= 4 is 40.3 Å². The topological polar surface area (TPSA) is 73.1 Å². The largest absolute Gasteiger partial charge is 0.507 e. The van der Waals surface area contributed by atoms with Crippen molar-refractivity contribution in [3.05, 3.63) is 63.2 Å². The summed E-state index contributed by atoms with van der Waals surface area (Å²) in [6.07, 6.45) is 1.49. The van der Waals surface area contributed by atoms with Crippen molar-refractivity contribution in [2.24, 2.45) is 0 Å². The van der Waals surface area contributed by atoms with E-state index in [-0.39, 0.29) is 11.3 Å². The summed E-state index contributed by atoms with van der Waals surface area (Å²) in [5.41, 5.74) is 1.31. The molecule has 0 saturated heterocycles. The third kappa shape index (κ3) is 4.07. The molecular formula is C16H11IN2O2. The minimum Gasteiger partial charge on any atom is -0.507 e. The van der Waals surface area contributed by atoms with Gasteiger partial charge in [-0.2, -0.15) is 5.26 Å². The Morgan fingerprint density at radius 1 is 1.24 bits per heavy atom. The van der Waals surface area contributed by atoms with Gasteiger partial charge in [0.15, 0.2) is 0 Å². The first-order valence-electron chi connectivity index (χ1n) is 6.07. The number of halogens is 1. The van der Waals surface area contributed by atoms with Gasteiger partial charge in [-0.15, -0.1) is 0 Å². The zero-order valence-corrected chi connectivity index (χ0v) is 13.0. The quantitative estimate of drug-likeness (QED) is 0.479. The van der Waals surface area contributed by atoms with E-state index < -0.39 is 5.91 Å². The number of amides is 1. The summed E-state index contributed by atoms with van der Waals surface area (Å²) in [6, 6.07) is 15.7. The van der Waals surface area contributed by atoms with Crippen LogP contribution in [0.25, 0.3) is 6.08 Å². The maximum absolute atomic E-state index is 12.0. The zero-order chi connectivity index (χ0) is 15.2. The summed E-state index contributed by atoms with van der Waals surface area (Å²) in [5, 5.41) is 21.3. The van der Waals surface area contributed by atoms with Crippen molar-refractivity contribution in [2.75, 3.05) is 5.32 Å². The lowest BCUT2D eigenvalue weighted by Crippen LogP contribution is -2.13. The number of aromatic hydroxyl groups is 1. The first-order valence-corrected chi connectivity index (χ1v) is 7.15. The van der Waals surface area contributed by atoms with Crippen molar-refractivity contribution < 1.29 is 9.90 Å². The van der Waals surface area contributed by atoms with E-state index in [1.54, 1.807) is 36.4 Å². The van der Waals surface area contributed by atoms with Crippen LogP contribution in [0.5, 0.6) is 5.75 Å². The summed E-state index contributed by atoms with van der Waals surface area (Å²) in [7, 11) is 0. The van der Waals surface area contributed by atoms with Gasteiger partial charge < -0.3 is 10.4 Å². The molecule has 0 atom stereocenters. The Bertz CT molecular complexity index is 734. The molecule has 0 aliphatic rings. The number of para-hydroxylation sites is 1. The van der Waals surface area contributed by atoms with E-state index in [4.69, 9.17) is 5.26 Å². The van der Waals surface area contributed by atoms with Crippen LogP contribution in [0, 0.1) is 14.9 Å². The monoisotopic (exact) mass is 390 g/mol. The molecule has 0 bridgehead atoms. The van der Waals surface area contributed by atoms with E-state index in [1.165, 1.54) is 12.1 Å². The normalized spacial score (nSPS) is 10.8. The van der Waals surface area contributed by atoms with Crippen molar-refractivity contribution in [3.8, 4) is 11.8 Å². The minimum atomic E-state index is -0.466. The van der Waals surface area contributed by atoms with Gasteiger partial charge in [0.2, 0.25) is 0 Å². The minimum absolute atomic E-state index is 0.000317. The predicted octanol–water partition coefficient (Wildman–Crippen LogP) is 3.54. The number of phenolic OH excluding ortho intramolecular Hbond substituents is 1. The van der Waals surface area contributed by atoms with E-state index in [0.29, 0.717) is 14.8 Å². The molecule has 0 spiro atoms. The van der Waals surface area contributed by atoms with E-state index in [0.717, 1.165) is 0 Å². The van der Waals surface area contributed by atoms with Crippen LogP contribution in [0.15, 0.2) is 54.1 Å². The smallest absolute Gasteiger partial charge is 0.266 e. The molecule has 21 heavy (non-hydrogen) atoms. The molecule has 0 fully saturated rings. The molecule has 0 saturated carbocycles. The molecule has 2 aromatic carbocycles. The SMILES string of the molecule is N#C/C(=C/c1ccc(O)c(I)c1)C(=O)Nc1ccccc1. The number of phenols is 1. The number of carbonyl (C=O) groups is 1. The number of rotatable bonds is 3. The van der Waals surface area contributed by atoms with Crippen LogP contribution >= 0.6 is 22.6 Å². The van der Waals surface area contributed by atoms with Crippen LogP contribution in [0.1, 0.15) is 5.56 Å². The molecular weight excluding hydrogens is 379 g/mol. The summed E-state index contributed by atoms with van der Waals surface area (Å²) < 4.78 is 0.655. The lowest BCUT2D eigenvalue weighted by atomic mass is 10.1. The molecule has 0 heterocycles. The molecule has 0 aliphatic carbocycles. The van der Waals surface area contributed by atoms with Gasteiger partial charge in [0.05, 0.1) is 3.57 Å². The Balaban J connectivity index is 2.22. The average Bonchev–Trinajstić information content (AvgIpc) is 2.49. The third-order valence-corrected chi connectivity index (χ3v) is 3.54. The maximum atomic E-state index is 12.0. The molecule has 2 N–H and O–H groups in total. The lowest BCUT2D eigenvalue weighted by molar-refractivity contribution is -0.112. The fourth-order valence-corrected chi connectivity index (χ4v) is 2.19. The van der Waals surface area contributed by atoms with Crippen molar-refractivity contribution in [1.82, 2.24) is 0 Å². The highest BCUT2D eigenvalue weighted by Crippen LogP contribution is 2.21. The molecule has 0 aliphatic heterocycles. The Hall–Kier alpha value is -2.33. The van der Waals surface area contributed by atoms with Gasteiger partial charge in [0.1, 0.15) is 17.4 Å². The van der Waals surface area contributed by atoms with Crippen molar-refractivity contribution in [2.45, 2.75) is 0 Å². The van der Waals surface area contributed by atoms with Crippen LogP contribution < -0.4 is 5.32 Å². The summed E-state index contributed by atoms with van der Waals surface area (Å²) in [6.45, 7) is 0. The molecule has 0 unspecified atom stereocenters. The number of anilines is 1. The Labute approximate surface area is 135 Å². The molecule has 0 radical (unpaired) electrons. The zero-order valence-electron chi connectivity index (χ0n) is 10.9. The van der Waals surface area contributed by atoms with E-state index >= 15 is 0 Å². The number of nitrogens with zero attached hydrogens (tertiary/aromatic N) is 1. The molecule has 2 aromatic rings. The fourth-order valence-electron chi connectivity index (χ4n) is 1.65. The summed E-state index contributed by atoms with van der Waals surface area (Å²) >= 11 is 1.98. The number of nitrogens with one attached hydrogen (secondary N) is 1.